The predicted molar refractivity (Wildman–Crippen MR) is 61.1 cm³/mol. The first kappa shape index (κ1) is 10.1. The van der Waals surface area contributed by atoms with E-state index in [2.05, 4.69) is 10.3 Å². The summed E-state index contributed by atoms with van der Waals surface area (Å²) in [5.74, 6) is -0.243. The summed E-state index contributed by atoms with van der Waals surface area (Å²) in [4.78, 5) is 4.41. The molecule has 3 nitrogen and oxygen atoms in total. The fourth-order valence-electron chi connectivity index (χ4n) is 1.78. The van der Waals surface area contributed by atoms with Gasteiger partial charge >= 0.3 is 0 Å². The van der Waals surface area contributed by atoms with Crippen molar-refractivity contribution >= 4 is 21.6 Å². The zero-order chi connectivity index (χ0) is 11.0. The second-order valence-electron chi connectivity index (χ2n) is 3.73. The first-order valence-corrected chi connectivity index (χ1v) is 6.03. The third-order valence-corrected chi connectivity index (χ3v) is 3.70. The number of aromatic nitrogens is 1. The number of nitrogens with zero attached hydrogens (tertiary/aromatic N) is 1. The highest BCUT2D eigenvalue weighted by Gasteiger charge is 2.19. The summed E-state index contributed by atoms with van der Waals surface area (Å²) < 4.78 is 19.6. The van der Waals surface area contributed by atoms with E-state index in [0.29, 0.717) is 12.1 Å². The van der Waals surface area contributed by atoms with Crippen LogP contribution in [0.2, 0.25) is 0 Å². The van der Waals surface area contributed by atoms with Gasteiger partial charge in [0.15, 0.2) is 0 Å². The molecular weight excluding hydrogens is 227 g/mol. The summed E-state index contributed by atoms with van der Waals surface area (Å²) in [5.41, 5.74) is 0.717. The van der Waals surface area contributed by atoms with E-state index >= 15 is 0 Å². The summed E-state index contributed by atoms with van der Waals surface area (Å²) in [6.45, 7) is 2.37. The van der Waals surface area contributed by atoms with E-state index in [9.17, 15) is 4.39 Å². The van der Waals surface area contributed by atoms with E-state index in [1.54, 1.807) is 17.4 Å². The number of fused-ring (bicyclic) bond motifs is 1. The third-order valence-electron chi connectivity index (χ3n) is 2.57. The number of ether oxygens (including phenoxy) is 1. The summed E-state index contributed by atoms with van der Waals surface area (Å²) in [5, 5.41) is 4.18. The lowest BCUT2D eigenvalue weighted by molar-refractivity contribution is 0.0277. The molecule has 16 heavy (non-hydrogen) atoms. The van der Waals surface area contributed by atoms with Crippen molar-refractivity contribution in [3.8, 4) is 0 Å². The van der Waals surface area contributed by atoms with Gasteiger partial charge in [0.05, 0.1) is 16.8 Å². The van der Waals surface area contributed by atoms with E-state index in [1.165, 1.54) is 12.1 Å². The van der Waals surface area contributed by atoms with Crippen molar-refractivity contribution in [2.24, 2.45) is 0 Å². The zero-order valence-corrected chi connectivity index (χ0v) is 9.39. The van der Waals surface area contributed by atoms with E-state index in [4.69, 9.17) is 4.74 Å². The lowest BCUT2D eigenvalue weighted by Crippen LogP contribution is -2.33. The number of thiazole rings is 1. The molecule has 0 radical (unpaired) electrons. The summed E-state index contributed by atoms with van der Waals surface area (Å²) in [7, 11) is 0. The number of halogens is 1. The molecule has 0 bridgehead atoms. The Bertz CT molecular complexity index is 508. The molecule has 1 aliphatic rings. The van der Waals surface area contributed by atoms with Crippen LogP contribution in [0.15, 0.2) is 18.2 Å². The van der Waals surface area contributed by atoms with Crippen molar-refractivity contribution in [3.63, 3.8) is 0 Å². The molecule has 5 heteroatoms. The van der Waals surface area contributed by atoms with Gasteiger partial charge in [-0.1, -0.05) is 0 Å². The Labute approximate surface area is 96.3 Å². The van der Waals surface area contributed by atoms with Gasteiger partial charge in [-0.2, -0.15) is 0 Å². The van der Waals surface area contributed by atoms with Crippen LogP contribution in [0.4, 0.5) is 4.39 Å². The Kier molecular flexibility index (Phi) is 2.59. The number of rotatable bonds is 1. The minimum Gasteiger partial charge on any atom is -0.368 e. The van der Waals surface area contributed by atoms with Crippen molar-refractivity contribution in [3.05, 3.63) is 29.0 Å². The highest BCUT2D eigenvalue weighted by Crippen LogP contribution is 2.29. The SMILES string of the molecule is Fc1ccc2sc(C3CNCCO3)nc2c1. The second-order valence-corrected chi connectivity index (χ2v) is 4.79. The van der Waals surface area contributed by atoms with Gasteiger partial charge in [-0.05, 0) is 12.1 Å². The number of nitrogens with one attached hydrogen (secondary N) is 1. The Balaban J connectivity index is 1.97. The van der Waals surface area contributed by atoms with Crippen LogP contribution in [0.1, 0.15) is 11.1 Å². The van der Waals surface area contributed by atoms with E-state index in [-0.39, 0.29) is 11.9 Å². The van der Waals surface area contributed by atoms with Gasteiger partial charge in [0.25, 0.3) is 0 Å². The molecule has 0 saturated carbocycles. The normalized spacial score (nSPS) is 21.4. The van der Waals surface area contributed by atoms with Gasteiger partial charge in [-0.3, -0.25) is 0 Å². The molecule has 1 aromatic heterocycles. The lowest BCUT2D eigenvalue weighted by Gasteiger charge is -2.21. The number of morpholine rings is 1. The minimum absolute atomic E-state index is 0.00853. The molecule has 1 fully saturated rings. The van der Waals surface area contributed by atoms with Crippen LogP contribution in [0.3, 0.4) is 0 Å². The zero-order valence-electron chi connectivity index (χ0n) is 8.57. The molecule has 1 aromatic carbocycles. The monoisotopic (exact) mass is 238 g/mol. The van der Waals surface area contributed by atoms with Crippen molar-refractivity contribution in [1.82, 2.24) is 10.3 Å². The van der Waals surface area contributed by atoms with Gasteiger partial charge in [-0.15, -0.1) is 11.3 Å². The Morgan fingerprint density at radius 3 is 3.25 bits per heavy atom. The largest absolute Gasteiger partial charge is 0.368 e. The summed E-state index contributed by atoms with van der Waals surface area (Å²) in [6.07, 6.45) is 0.00853. The number of hydrogen-bond acceptors (Lipinski definition) is 4. The molecule has 2 aromatic rings. The average molecular weight is 238 g/mol. The van der Waals surface area contributed by atoms with Crippen LogP contribution < -0.4 is 5.32 Å². The molecular formula is C11H11FN2OS. The average Bonchev–Trinajstić information content (AvgIpc) is 2.73. The van der Waals surface area contributed by atoms with Gasteiger partial charge < -0.3 is 10.1 Å². The van der Waals surface area contributed by atoms with Crippen molar-refractivity contribution in [1.29, 1.82) is 0 Å². The summed E-state index contributed by atoms with van der Waals surface area (Å²) in [6, 6.07) is 4.69. The molecule has 1 atom stereocenters. The topological polar surface area (TPSA) is 34.1 Å². The van der Waals surface area contributed by atoms with Gasteiger partial charge in [0, 0.05) is 19.2 Å². The van der Waals surface area contributed by atoms with E-state index in [1.807, 2.05) is 0 Å². The van der Waals surface area contributed by atoms with Crippen LogP contribution in [-0.2, 0) is 4.74 Å². The van der Waals surface area contributed by atoms with Crippen LogP contribution in [0, 0.1) is 5.82 Å². The van der Waals surface area contributed by atoms with Gasteiger partial charge in [0.1, 0.15) is 16.9 Å². The first-order valence-electron chi connectivity index (χ1n) is 5.21. The molecule has 0 amide bonds. The second kappa shape index (κ2) is 4.08. The van der Waals surface area contributed by atoms with Gasteiger partial charge in [-0.25, -0.2) is 9.37 Å². The maximum atomic E-state index is 13.0. The highest BCUT2D eigenvalue weighted by atomic mass is 32.1. The van der Waals surface area contributed by atoms with E-state index < -0.39 is 0 Å². The standard InChI is InChI=1S/C11H11FN2OS/c12-7-1-2-10-8(5-7)14-11(16-10)9-6-13-3-4-15-9/h1-2,5,9,13H,3-4,6H2. The molecule has 1 N–H and O–H groups in total. The molecule has 1 unspecified atom stereocenters. The smallest absolute Gasteiger partial charge is 0.125 e. The summed E-state index contributed by atoms with van der Waals surface area (Å²) >= 11 is 1.57. The van der Waals surface area contributed by atoms with Crippen LogP contribution in [-0.4, -0.2) is 24.7 Å². The Hall–Kier alpha value is -1.04. The minimum atomic E-state index is -0.243. The van der Waals surface area contributed by atoms with Gasteiger partial charge in [0.2, 0.25) is 0 Å². The van der Waals surface area contributed by atoms with E-state index in [0.717, 1.165) is 22.8 Å². The van der Waals surface area contributed by atoms with Crippen molar-refractivity contribution in [2.45, 2.75) is 6.10 Å². The molecule has 3 rings (SSSR count). The molecule has 0 spiro atoms. The van der Waals surface area contributed by atoms with Crippen molar-refractivity contribution in [2.75, 3.05) is 19.7 Å². The quantitative estimate of drug-likeness (QED) is 0.826. The van der Waals surface area contributed by atoms with Crippen LogP contribution >= 0.6 is 11.3 Å². The third kappa shape index (κ3) is 1.81. The molecule has 0 aliphatic carbocycles. The number of benzene rings is 1. The fourth-order valence-corrected chi connectivity index (χ4v) is 2.78. The fraction of sp³-hybridized carbons (Fsp3) is 0.364. The Morgan fingerprint density at radius 2 is 2.44 bits per heavy atom. The molecule has 84 valence electrons. The van der Waals surface area contributed by atoms with Crippen molar-refractivity contribution < 1.29 is 9.13 Å². The first-order chi connectivity index (χ1) is 7.83. The van der Waals surface area contributed by atoms with Crippen LogP contribution in [0.25, 0.3) is 10.2 Å². The predicted octanol–water partition coefficient (Wildman–Crippen LogP) is 2.10. The maximum absolute atomic E-state index is 13.0. The molecule has 1 saturated heterocycles. The lowest BCUT2D eigenvalue weighted by atomic mass is 10.3. The maximum Gasteiger partial charge on any atom is 0.125 e. The van der Waals surface area contributed by atoms with Crippen LogP contribution in [0.5, 0.6) is 0 Å². The Morgan fingerprint density at radius 1 is 1.50 bits per heavy atom. The molecule has 2 heterocycles. The highest BCUT2D eigenvalue weighted by molar-refractivity contribution is 7.18. The number of hydrogen-bond donors (Lipinski definition) is 1. The molecule has 1 aliphatic heterocycles.